The van der Waals surface area contributed by atoms with Gasteiger partial charge >= 0.3 is 6.18 Å². The van der Waals surface area contributed by atoms with Crippen LogP contribution in [0, 0.1) is 5.82 Å². The summed E-state index contributed by atoms with van der Waals surface area (Å²) in [7, 11) is 5.81. The lowest BCUT2D eigenvalue weighted by Gasteiger charge is -2.29. The molecule has 1 aliphatic rings. The molecule has 2 atom stereocenters. The molecule has 5 nitrogen and oxygen atoms in total. The normalized spacial score (nSPS) is 18.3. The number of amides is 1. The highest BCUT2D eigenvalue weighted by Gasteiger charge is 2.39. The molecule has 0 radical (unpaired) electrons. The fourth-order valence-corrected chi connectivity index (χ4v) is 4.93. The van der Waals surface area contributed by atoms with Crippen molar-refractivity contribution < 1.29 is 22.4 Å². The van der Waals surface area contributed by atoms with Crippen molar-refractivity contribution in [3.05, 3.63) is 69.0 Å². The fourth-order valence-electron chi connectivity index (χ4n) is 4.63. The van der Waals surface area contributed by atoms with Gasteiger partial charge in [0.25, 0.3) is 0 Å². The van der Waals surface area contributed by atoms with Gasteiger partial charge in [0, 0.05) is 31.6 Å². The molecular formula is C26H32Cl2F4N4O. The third-order valence-electron chi connectivity index (χ3n) is 6.59. The van der Waals surface area contributed by atoms with Crippen LogP contribution in [0.2, 0.25) is 10.0 Å². The van der Waals surface area contributed by atoms with E-state index in [0.29, 0.717) is 28.7 Å². The van der Waals surface area contributed by atoms with Gasteiger partial charge in [-0.2, -0.15) is 13.2 Å². The van der Waals surface area contributed by atoms with Gasteiger partial charge in [0.15, 0.2) is 0 Å². The molecule has 0 aliphatic carbocycles. The SMILES string of the molecule is CN(C)CCCNCC(=O)N1CC(N(C)Cc2ccc(C(F)(F)F)c(F)c2)[C@@H](c2ccc(Cl)c(Cl)c2)C1. The van der Waals surface area contributed by atoms with Gasteiger partial charge in [-0.25, -0.2) is 4.39 Å². The predicted octanol–water partition coefficient (Wildman–Crippen LogP) is 5.12. The average molecular weight is 563 g/mol. The number of benzene rings is 2. The van der Waals surface area contributed by atoms with E-state index in [2.05, 4.69) is 10.2 Å². The smallest absolute Gasteiger partial charge is 0.339 e. The van der Waals surface area contributed by atoms with Gasteiger partial charge < -0.3 is 15.1 Å². The van der Waals surface area contributed by atoms with Crippen molar-refractivity contribution >= 4 is 29.1 Å². The van der Waals surface area contributed by atoms with Gasteiger partial charge in [0.05, 0.1) is 22.2 Å². The van der Waals surface area contributed by atoms with Crippen LogP contribution in [-0.2, 0) is 17.5 Å². The minimum absolute atomic E-state index is 0.0358. The molecular weight excluding hydrogens is 531 g/mol. The van der Waals surface area contributed by atoms with Gasteiger partial charge in [-0.05, 0) is 76.0 Å². The van der Waals surface area contributed by atoms with Crippen LogP contribution in [0.1, 0.15) is 29.0 Å². The number of hydrogen-bond donors (Lipinski definition) is 1. The number of likely N-dealkylation sites (N-methyl/N-ethyl adjacent to an activating group) is 1. The number of hydrogen-bond acceptors (Lipinski definition) is 4. The van der Waals surface area contributed by atoms with Gasteiger partial charge in [0.1, 0.15) is 5.82 Å². The Hall–Kier alpha value is -1.91. The fraction of sp³-hybridized carbons (Fsp3) is 0.500. The lowest BCUT2D eigenvalue weighted by atomic mass is 9.93. The zero-order valence-electron chi connectivity index (χ0n) is 21.1. The van der Waals surface area contributed by atoms with E-state index in [0.717, 1.165) is 37.2 Å². The molecule has 0 spiro atoms. The third-order valence-corrected chi connectivity index (χ3v) is 7.32. The van der Waals surface area contributed by atoms with E-state index in [4.69, 9.17) is 23.2 Å². The first-order chi connectivity index (χ1) is 17.4. The Balaban J connectivity index is 1.74. The van der Waals surface area contributed by atoms with Crippen LogP contribution in [0.3, 0.4) is 0 Å². The van der Waals surface area contributed by atoms with Crippen molar-refractivity contribution in [2.75, 3.05) is 53.9 Å². The van der Waals surface area contributed by atoms with Crippen LogP contribution in [-0.4, -0.2) is 80.5 Å². The summed E-state index contributed by atoms with van der Waals surface area (Å²) in [5.74, 6) is -1.45. The zero-order valence-corrected chi connectivity index (χ0v) is 22.6. The zero-order chi connectivity index (χ0) is 27.3. The van der Waals surface area contributed by atoms with E-state index in [1.54, 1.807) is 17.0 Å². The van der Waals surface area contributed by atoms with E-state index < -0.39 is 17.6 Å². The third kappa shape index (κ3) is 8.04. The highest BCUT2D eigenvalue weighted by Crippen LogP contribution is 2.35. The minimum Gasteiger partial charge on any atom is -0.339 e. The topological polar surface area (TPSA) is 38.8 Å². The molecule has 0 bridgehead atoms. The Labute approximate surface area is 225 Å². The standard InChI is InChI=1S/C26H32Cl2F4N4O/c1-34(2)10-4-9-33-13-25(37)36-15-19(18-6-8-21(27)22(28)12-18)24(16-36)35(3)14-17-5-7-20(23(29)11-17)26(30,31)32/h5-8,11-12,19,24,33H,4,9-10,13-16H2,1-3H3/t19-,24?/m1/s1. The highest BCUT2D eigenvalue weighted by molar-refractivity contribution is 6.42. The summed E-state index contributed by atoms with van der Waals surface area (Å²) in [4.78, 5) is 18.8. The van der Waals surface area contributed by atoms with E-state index in [9.17, 15) is 22.4 Å². The van der Waals surface area contributed by atoms with Crippen molar-refractivity contribution in [3.63, 3.8) is 0 Å². The first-order valence-electron chi connectivity index (χ1n) is 12.0. The van der Waals surface area contributed by atoms with Crippen LogP contribution in [0.5, 0.6) is 0 Å². The maximum atomic E-state index is 14.2. The summed E-state index contributed by atoms with van der Waals surface area (Å²) in [5.41, 5.74) is 0.0237. The van der Waals surface area contributed by atoms with Gasteiger partial charge in [-0.3, -0.25) is 9.69 Å². The molecule has 204 valence electrons. The number of carbonyl (C=O) groups excluding carboxylic acids is 1. The molecule has 3 rings (SSSR count). The Bertz CT molecular complexity index is 1080. The molecule has 11 heteroatoms. The number of halogens is 6. The number of alkyl halides is 3. The number of nitrogens with one attached hydrogen (secondary N) is 1. The minimum atomic E-state index is -4.75. The second-order valence-corrected chi connectivity index (χ2v) is 10.5. The van der Waals surface area contributed by atoms with Crippen molar-refractivity contribution in [1.82, 2.24) is 20.0 Å². The lowest BCUT2D eigenvalue weighted by molar-refractivity contribution is -0.140. The molecule has 1 amide bonds. The summed E-state index contributed by atoms with van der Waals surface area (Å²) in [6, 6.07) is 8.15. The van der Waals surface area contributed by atoms with Gasteiger partial charge in [-0.15, -0.1) is 0 Å². The summed E-state index contributed by atoms with van der Waals surface area (Å²) in [5, 5.41) is 4.01. The largest absolute Gasteiger partial charge is 0.419 e. The first-order valence-corrected chi connectivity index (χ1v) is 12.8. The van der Waals surface area contributed by atoms with Crippen molar-refractivity contribution in [1.29, 1.82) is 0 Å². The Morgan fingerprint density at radius 2 is 1.81 bits per heavy atom. The Morgan fingerprint density at radius 3 is 2.43 bits per heavy atom. The molecule has 37 heavy (non-hydrogen) atoms. The van der Waals surface area contributed by atoms with Crippen LogP contribution in [0.4, 0.5) is 17.6 Å². The Morgan fingerprint density at radius 1 is 1.08 bits per heavy atom. The first kappa shape index (κ1) is 29.6. The molecule has 1 fully saturated rings. The van der Waals surface area contributed by atoms with Crippen molar-refractivity contribution in [3.8, 4) is 0 Å². The molecule has 0 aromatic heterocycles. The second kappa shape index (κ2) is 12.8. The van der Waals surface area contributed by atoms with E-state index in [-0.39, 0.29) is 31.0 Å². The Kier molecular flexibility index (Phi) is 10.2. The molecule has 0 saturated carbocycles. The quantitative estimate of drug-likeness (QED) is 0.322. The predicted molar refractivity (Wildman–Crippen MR) is 138 cm³/mol. The molecule has 1 aliphatic heterocycles. The number of rotatable bonds is 10. The summed E-state index contributed by atoms with van der Waals surface area (Å²) < 4.78 is 53.0. The number of carbonyl (C=O) groups is 1. The average Bonchev–Trinajstić information content (AvgIpc) is 3.25. The van der Waals surface area contributed by atoms with Crippen LogP contribution >= 0.6 is 23.2 Å². The summed E-state index contributed by atoms with van der Waals surface area (Å²) in [6.45, 7) is 2.93. The maximum absolute atomic E-state index is 14.2. The molecule has 2 aromatic rings. The molecule has 1 heterocycles. The van der Waals surface area contributed by atoms with E-state index in [1.165, 1.54) is 6.07 Å². The van der Waals surface area contributed by atoms with Crippen LogP contribution in [0.25, 0.3) is 0 Å². The lowest BCUT2D eigenvalue weighted by Crippen LogP contribution is -2.40. The van der Waals surface area contributed by atoms with Crippen LogP contribution < -0.4 is 5.32 Å². The van der Waals surface area contributed by atoms with E-state index in [1.807, 2.05) is 32.1 Å². The number of nitrogens with zero attached hydrogens (tertiary/aromatic N) is 3. The van der Waals surface area contributed by atoms with Crippen molar-refractivity contribution in [2.45, 2.75) is 31.1 Å². The van der Waals surface area contributed by atoms with Crippen LogP contribution in [0.15, 0.2) is 36.4 Å². The van der Waals surface area contributed by atoms with Gasteiger partial charge in [0.2, 0.25) is 5.91 Å². The monoisotopic (exact) mass is 562 g/mol. The molecule has 1 N–H and O–H groups in total. The number of likely N-dealkylation sites (tertiary alicyclic amines) is 1. The van der Waals surface area contributed by atoms with Crippen molar-refractivity contribution in [2.24, 2.45) is 0 Å². The molecule has 1 saturated heterocycles. The maximum Gasteiger partial charge on any atom is 0.419 e. The molecule has 1 unspecified atom stereocenters. The van der Waals surface area contributed by atoms with E-state index >= 15 is 0 Å². The highest BCUT2D eigenvalue weighted by atomic mass is 35.5. The summed E-state index contributed by atoms with van der Waals surface area (Å²) >= 11 is 12.4. The van der Waals surface area contributed by atoms with Gasteiger partial charge in [-0.1, -0.05) is 35.3 Å². The summed E-state index contributed by atoms with van der Waals surface area (Å²) in [6.07, 6.45) is -3.83. The second-order valence-electron chi connectivity index (χ2n) is 9.71. The molecule has 2 aromatic carbocycles.